The van der Waals surface area contributed by atoms with E-state index in [9.17, 15) is 10.1 Å². The van der Waals surface area contributed by atoms with Crippen LogP contribution in [0.2, 0.25) is 0 Å². The highest BCUT2D eigenvalue weighted by molar-refractivity contribution is 5.90. The van der Waals surface area contributed by atoms with Crippen LogP contribution in [0.4, 0.5) is 0 Å². The van der Waals surface area contributed by atoms with Gasteiger partial charge in [-0.2, -0.15) is 5.26 Å². The van der Waals surface area contributed by atoms with Crippen LogP contribution in [0.25, 0.3) is 11.3 Å². The average Bonchev–Trinajstić information content (AvgIpc) is 2.54. The maximum Gasteiger partial charge on any atom is 0.337 e. The molecule has 0 aliphatic rings. The maximum atomic E-state index is 11.6. The Morgan fingerprint density at radius 3 is 2.68 bits per heavy atom. The Morgan fingerprint density at radius 2 is 2.05 bits per heavy atom. The van der Waals surface area contributed by atoms with Crippen LogP contribution in [0, 0.1) is 11.3 Å². The van der Waals surface area contributed by atoms with E-state index in [0.717, 1.165) is 5.56 Å². The molecule has 2 rings (SSSR count). The van der Waals surface area contributed by atoms with Gasteiger partial charge in [0.2, 0.25) is 0 Å². The fraction of sp³-hybridized carbons (Fsp3) is 0.235. The summed E-state index contributed by atoms with van der Waals surface area (Å²) in [7, 11) is 1.33. The molecule has 0 amide bonds. The lowest BCUT2D eigenvalue weighted by Crippen LogP contribution is -2.07. The van der Waals surface area contributed by atoms with Crippen LogP contribution in [0.15, 0.2) is 36.5 Å². The fourth-order valence-corrected chi connectivity index (χ4v) is 1.97. The smallest absolute Gasteiger partial charge is 0.337 e. The zero-order valence-electron chi connectivity index (χ0n) is 12.7. The SMILES string of the molecule is COC(=O)c1ccnc(-c2ccc(OC(C)C)c(C#N)c2)c1. The summed E-state index contributed by atoms with van der Waals surface area (Å²) in [5, 5.41) is 9.26. The molecule has 0 fully saturated rings. The molecule has 0 bridgehead atoms. The standard InChI is InChI=1S/C17H16N2O3/c1-11(2)22-16-5-4-12(8-14(16)10-18)15-9-13(6-7-19-15)17(20)21-3/h4-9,11H,1-3H3. The zero-order valence-corrected chi connectivity index (χ0v) is 12.7. The quantitative estimate of drug-likeness (QED) is 0.810. The molecule has 1 heterocycles. The Morgan fingerprint density at radius 1 is 1.27 bits per heavy atom. The van der Waals surface area contributed by atoms with Gasteiger partial charge in [-0.3, -0.25) is 4.98 Å². The summed E-state index contributed by atoms with van der Waals surface area (Å²) >= 11 is 0. The molecule has 0 saturated heterocycles. The van der Waals surface area contributed by atoms with Gasteiger partial charge in [-0.05, 0) is 44.2 Å². The second kappa shape index (κ2) is 6.72. The van der Waals surface area contributed by atoms with Crippen LogP contribution in [0.1, 0.15) is 29.8 Å². The van der Waals surface area contributed by atoms with Crippen molar-refractivity contribution in [3.8, 4) is 23.1 Å². The number of esters is 1. The second-order valence-electron chi connectivity index (χ2n) is 4.91. The number of aromatic nitrogens is 1. The molecule has 0 saturated carbocycles. The Kier molecular flexibility index (Phi) is 4.74. The number of pyridine rings is 1. The monoisotopic (exact) mass is 296 g/mol. The first-order valence-corrected chi connectivity index (χ1v) is 6.80. The largest absolute Gasteiger partial charge is 0.490 e. The van der Waals surface area contributed by atoms with E-state index < -0.39 is 5.97 Å². The third-order valence-electron chi connectivity index (χ3n) is 2.94. The number of nitrogens with zero attached hydrogens (tertiary/aromatic N) is 2. The molecule has 1 aromatic heterocycles. The van der Waals surface area contributed by atoms with Crippen molar-refractivity contribution in [1.29, 1.82) is 5.26 Å². The van der Waals surface area contributed by atoms with Crippen molar-refractivity contribution in [2.24, 2.45) is 0 Å². The number of carbonyl (C=O) groups is 1. The molecule has 0 spiro atoms. The molecule has 1 aromatic carbocycles. The highest BCUT2D eigenvalue weighted by Gasteiger charge is 2.11. The summed E-state index contributed by atoms with van der Waals surface area (Å²) < 4.78 is 10.3. The van der Waals surface area contributed by atoms with Gasteiger partial charge in [-0.1, -0.05) is 0 Å². The number of rotatable bonds is 4. The van der Waals surface area contributed by atoms with Gasteiger partial charge in [0.05, 0.1) is 30.0 Å². The number of hydrogen-bond acceptors (Lipinski definition) is 5. The van der Waals surface area contributed by atoms with Crippen molar-refractivity contribution in [3.63, 3.8) is 0 Å². The van der Waals surface area contributed by atoms with Crippen LogP contribution >= 0.6 is 0 Å². The summed E-state index contributed by atoms with van der Waals surface area (Å²) in [6, 6.07) is 10.6. The predicted octanol–water partition coefficient (Wildman–Crippen LogP) is 3.19. The molecule has 0 radical (unpaired) electrons. The molecule has 0 atom stereocenters. The minimum Gasteiger partial charge on any atom is -0.490 e. The third kappa shape index (κ3) is 3.41. The highest BCUT2D eigenvalue weighted by atomic mass is 16.5. The van der Waals surface area contributed by atoms with Gasteiger partial charge in [-0.15, -0.1) is 0 Å². The van der Waals surface area contributed by atoms with E-state index in [1.54, 1.807) is 24.3 Å². The first-order valence-electron chi connectivity index (χ1n) is 6.80. The number of carbonyl (C=O) groups excluding carboxylic acids is 1. The van der Waals surface area contributed by atoms with Crippen molar-refractivity contribution < 1.29 is 14.3 Å². The van der Waals surface area contributed by atoms with Gasteiger partial charge in [0, 0.05) is 11.8 Å². The van der Waals surface area contributed by atoms with Crippen molar-refractivity contribution in [2.45, 2.75) is 20.0 Å². The minimum absolute atomic E-state index is 0.0151. The molecule has 22 heavy (non-hydrogen) atoms. The first kappa shape index (κ1) is 15.5. The van der Waals surface area contributed by atoms with Crippen LogP contribution in [-0.4, -0.2) is 24.2 Å². The average molecular weight is 296 g/mol. The number of methoxy groups -OCH3 is 1. The van der Waals surface area contributed by atoms with E-state index in [0.29, 0.717) is 22.6 Å². The molecule has 5 nitrogen and oxygen atoms in total. The lowest BCUT2D eigenvalue weighted by molar-refractivity contribution is 0.0600. The van der Waals surface area contributed by atoms with Crippen molar-refractivity contribution >= 4 is 5.97 Å². The lowest BCUT2D eigenvalue weighted by atomic mass is 10.1. The number of ether oxygens (including phenoxy) is 2. The number of hydrogen-bond donors (Lipinski definition) is 0. The lowest BCUT2D eigenvalue weighted by Gasteiger charge is -2.12. The van der Waals surface area contributed by atoms with E-state index in [2.05, 4.69) is 11.1 Å². The fourth-order valence-electron chi connectivity index (χ4n) is 1.97. The summed E-state index contributed by atoms with van der Waals surface area (Å²) in [5.74, 6) is 0.106. The van der Waals surface area contributed by atoms with Crippen LogP contribution < -0.4 is 4.74 Å². The third-order valence-corrected chi connectivity index (χ3v) is 2.94. The van der Waals surface area contributed by atoms with Crippen molar-refractivity contribution in [3.05, 3.63) is 47.7 Å². The Labute approximate surface area is 129 Å². The topological polar surface area (TPSA) is 72.2 Å². The zero-order chi connectivity index (χ0) is 16.1. The van der Waals surface area contributed by atoms with Crippen LogP contribution in [0.3, 0.4) is 0 Å². The molecule has 2 aromatic rings. The molecule has 0 N–H and O–H groups in total. The first-order chi connectivity index (χ1) is 10.5. The molecule has 0 aliphatic heterocycles. The number of benzene rings is 1. The Hall–Kier alpha value is -2.87. The summed E-state index contributed by atoms with van der Waals surface area (Å²) in [4.78, 5) is 15.8. The normalized spacial score (nSPS) is 10.1. The minimum atomic E-state index is -0.427. The van der Waals surface area contributed by atoms with Gasteiger partial charge < -0.3 is 9.47 Å². The highest BCUT2D eigenvalue weighted by Crippen LogP contribution is 2.26. The van der Waals surface area contributed by atoms with E-state index in [1.807, 2.05) is 19.9 Å². The van der Waals surface area contributed by atoms with Gasteiger partial charge >= 0.3 is 5.97 Å². The maximum absolute atomic E-state index is 11.6. The van der Waals surface area contributed by atoms with Gasteiger partial charge in [0.1, 0.15) is 11.8 Å². The van der Waals surface area contributed by atoms with Gasteiger partial charge in [0.25, 0.3) is 0 Å². The van der Waals surface area contributed by atoms with Crippen molar-refractivity contribution in [1.82, 2.24) is 4.98 Å². The molecule has 5 heteroatoms. The number of nitriles is 1. The summed E-state index contributed by atoms with van der Waals surface area (Å²) in [5.41, 5.74) is 2.17. The predicted molar refractivity (Wildman–Crippen MR) is 81.5 cm³/mol. The van der Waals surface area contributed by atoms with Crippen LogP contribution in [-0.2, 0) is 4.74 Å². The van der Waals surface area contributed by atoms with Gasteiger partial charge in [0.15, 0.2) is 0 Å². The molecular formula is C17H16N2O3. The molecule has 0 unspecified atom stereocenters. The Bertz CT molecular complexity index is 733. The summed E-state index contributed by atoms with van der Waals surface area (Å²) in [6.07, 6.45) is 1.52. The molecule has 112 valence electrons. The molecular weight excluding hydrogens is 280 g/mol. The van der Waals surface area contributed by atoms with Gasteiger partial charge in [-0.25, -0.2) is 4.79 Å². The van der Waals surface area contributed by atoms with E-state index in [1.165, 1.54) is 13.3 Å². The van der Waals surface area contributed by atoms with E-state index in [-0.39, 0.29) is 6.10 Å². The van der Waals surface area contributed by atoms with E-state index >= 15 is 0 Å². The van der Waals surface area contributed by atoms with E-state index in [4.69, 9.17) is 9.47 Å². The van der Waals surface area contributed by atoms with Crippen LogP contribution in [0.5, 0.6) is 5.75 Å². The Balaban J connectivity index is 2.41. The van der Waals surface area contributed by atoms with Crippen molar-refractivity contribution in [2.75, 3.05) is 7.11 Å². The summed E-state index contributed by atoms with van der Waals surface area (Å²) in [6.45, 7) is 3.80. The molecule has 0 aliphatic carbocycles. The second-order valence-corrected chi connectivity index (χ2v) is 4.91.